The van der Waals surface area contributed by atoms with E-state index in [-0.39, 0.29) is 6.61 Å². The van der Waals surface area contributed by atoms with Crippen molar-refractivity contribution in [2.75, 3.05) is 6.61 Å². The summed E-state index contributed by atoms with van der Waals surface area (Å²) in [6.07, 6.45) is 4.82. The molecular formula is C14H18N2OS. The van der Waals surface area contributed by atoms with Crippen LogP contribution in [0.15, 0.2) is 42.7 Å². The molecule has 1 N–H and O–H groups in total. The first-order valence-electron chi connectivity index (χ1n) is 6.11. The predicted molar refractivity (Wildman–Crippen MR) is 76.0 cm³/mol. The van der Waals surface area contributed by atoms with Gasteiger partial charge in [-0.1, -0.05) is 25.1 Å². The minimum atomic E-state index is 0.261. The number of para-hydroxylation sites is 1. The van der Waals surface area contributed by atoms with E-state index in [9.17, 15) is 0 Å². The average molecular weight is 262 g/mol. The summed E-state index contributed by atoms with van der Waals surface area (Å²) < 4.78 is 1.90. The molecule has 0 saturated carbocycles. The molecule has 0 aliphatic rings. The predicted octanol–water partition coefficient (Wildman–Crippen LogP) is 2.88. The first-order valence-corrected chi connectivity index (χ1v) is 7.16. The first kappa shape index (κ1) is 13.2. The van der Waals surface area contributed by atoms with Crippen LogP contribution in [-0.4, -0.2) is 26.7 Å². The second-order valence-corrected chi connectivity index (χ2v) is 5.69. The lowest BCUT2D eigenvalue weighted by atomic mass is 10.3. The van der Waals surface area contributed by atoms with Gasteiger partial charge in [0.15, 0.2) is 0 Å². The van der Waals surface area contributed by atoms with E-state index in [4.69, 9.17) is 5.11 Å². The Balaban J connectivity index is 1.95. The lowest BCUT2D eigenvalue weighted by Crippen LogP contribution is -1.99. The standard InChI is InChI=1S/C14H18N2OS/c1-12(7-8-17)18-11-13-9-15-16(10-13)14-5-3-2-4-6-14/h2-6,9-10,12,17H,7-8,11H2,1H3. The van der Waals surface area contributed by atoms with Gasteiger partial charge in [-0.25, -0.2) is 4.68 Å². The van der Waals surface area contributed by atoms with Crippen molar-refractivity contribution in [2.24, 2.45) is 0 Å². The van der Waals surface area contributed by atoms with Crippen molar-refractivity contribution in [2.45, 2.75) is 24.3 Å². The molecule has 0 saturated heterocycles. The van der Waals surface area contributed by atoms with Gasteiger partial charge in [-0.15, -0.1) is 0 Å². The van der Waals surface area contributed by atoms with E-state index < -0.39 is 0 Å². The fraction of sp³-hybridized carbons (Fsp3) is 0.357. The molecule has 4 heteroatoms. The minimum absolute atomic E-state index is 0.261. The molecule has 0 spiro atoms. The van der Waals surface area contributed by atoms with E-state index >= 15 is 0 Å². The fourth-order valence-corrected chi connectivity index (χ4v) is 2.56. The Hall–Kier alpha value is -1.26. The summed E-state index contributed by atoms with van der Waals surface area (Å²) in [5.74, 6) is 0.938. The van der Waals surface area contributed by atoms with Gasteiger partial charge in [-0.3, -0.25) is 0 Å². The monoisotopic (exact) mass is 262 g/mol. The van der Waals surface area contributed by atoms with Gasteiger partial charge in [0.1, 0.15) is 0 Å². The number of aliphatic hydroxyl groups is 1. The highest BCUT2D eigenvalue weighted by Crippen LogP contribution is 2.20. The summed E-state index contributed by atoms with van der Waals surface area (Å²) >= 11 is 1.85. The maximum Gasteiger partial charge on any atom is 0.0645 e. The van der Waals surface area contributed by atoms with Crippen molar-refractivity contribution < 1.29 is 5.11 Å². The van der Waals surface area contributed by atoms with Gasteiger partial charge in [-0.2, -0.15) is 16.9 Å². The van der Waals surface area contributed by atoms with Gasteiger partial charge in [0.05, 0.1) is 11.9 Å². The van der Waals surface area contributed by atoms with Crippen molar-refractivity contribution >= 4 is 11.8 Å². The highest BCUT2D eigenvalue weighted by molar-refractivity contribution is 7.99. The Morgan fingerprint density at radius 2 is 2.11 bits per heavy atom. The average Bonchev–Trinajstić information content (AvgIpc) is 2.87. The third kappa shape index (κ3) is 3.62. The molecule has 1 aromatic heterocycles. The van der Waals surface area contributed by atoms with Crippen LogP contribution in [0, 0.1) is 0 Å². The second kappa shape index (κ2) is 6.61. The Labute approximate surface area is 112 Å². The van der Waals surface area contributed by atoms with Crippen molar-refractivity contribution in [3.8, 4) is 5.69 Å². The molecule has 96 valence electrons. The molecule has 0 amide bonds. The number of benzene rings is 1. The molecule has 2 aromatic rings. The van der Waals surface area contributed by atoms with Crippen LogP contribution in [-0.2, 0) is 5.75 Å². The van der Waals surface area contributed by atoms with Crippen LogP contribution in [0.5, 0.6) is 0 Å². The largest absolute Gasteiger partial charge is 0.396 e. The number of hydrogen-bond acceptors (Lipinski definition) is 3. The van der Waals surface area contributed by atoms with Crippen LogP contribution in [0.25, 0.3) is 5.69 Å². The van der Waals surface area contributed by atoms with Gasteiger partial charge < -0.3 is 5.11 Å². The lowest BCUT2D eigenvalue weighted by Gasteiger charge is -2.07. The quantitative estimate of drug-likeness (QED) is 0.870. The summed E-state index contributed by atoms with van der Waals surface area (Å²) in [7, 11) is 0. The molecule has 0 aliphatic carbocycles. The molecule has 1 unspecified atom stereocenters. The molecule has 18 heavy (non-hydrogen) atoms. The number of aromatic nitrogens is 2. The van der Waals surface area contributed by atoms with Gasteiger partial charge in [-0.05, 0) is 18.6 Å². The molecule has 3 nitrogen and oxygen atoms in total. The van der Waals surface area contributed by atoms with E-state index in [1.165, 1.54) is 5.56 Å². The molecule has 1 aromatic carbocycles. The van der Waals surface area contributed by atoms with Crippen LogP contribution >= 0.6 is 11.8 Å². The highest BCUT2D eigenvalue weighted by atomic mass is 32.2. The molecule has 0 fully saturated rings. The third-order valence-electron chi connectivity index (χ3n) is 2.73. The molecule has 1 heterocycles. The van der Waals surface area contributed by atoms with Crippen LogP contribution in [0.3, 0.4) is 0 Å². The minimum Gasteiger partial charge on any atom is -0.396 e. The highest BCUT2D eigenvalue weighted by Gasteiger charge is 2.05. The zero-order chi connectivity index (χ0) is 12.8. The Morgan fingerprint density at radius 3 is 2.83 bits per heavy atom. The Morgan fingerprint density at radius 1 is 1.33 bits per heavy atom. The summed E-state index contributed by atoms with van der Waals surface area (Å²) in [4.78, 5) is 0. The molecule has 0 aliphatic heterocycles. The van der Waals surface area contributed by atoms with E-state index in [2.05, 4.69) is 18.2 Å². The number of aliphatic hydroxyl groups excluding tert-OH is 1. The third-order valence-corrected chi connectivity index (χ3v) is 4.03. The van der Waals surface area contributed by atoms with E-state index in [1.54, 1.807) is 0 Å². The zero-order valence-electron chi connectivity index (χ0n) is 10.5. The summed E-state index contributed by atoms with van der Waals surface area (Å²) in [6, 6.07) is 10.1. The maximum absolute atomic E-state index is 8.86. The normalized spacial score (nSPS) is 12.6. The molecule has 1 atom stereocenters. The Bertz CT molecular complexity index is 470. The lowest BCUT2D eigenvalue weighted by molar-refractivity contribution is 0.289. The molecular weight excluding hydrogens is 244 g/mol. The number of hydrogen-bond donors (Lipinski definition) is 1. The second-order valence-electron chi connectivity index (χ2n) is 4.26. The SMILES string of the molecule is CC(CCO)SCc1cnn(-c2ccccc2)c1. The molecule has 0 bridgehead atoms. The van der Waals surface area contributed by atoms with Crippen molar-refractivity contribution in [1.82, 2.24) is 9.78 Å². The summed E-state index contributed by atoms with van der Waals surface area (Å²) in [5, 5.41) is 13.7. The van der Waals surface area contributed by atoms with E-state index in [0.29, 0.717) is 5.25 Å². The van der Waals surface area contributed by atoms with Crippen molar-refractivity contribution in [3.05, 3.63) is 48.3 Å². The number of rotatable bonds is 6. The van der Waals surface area contributed by atoms with Gasteiger partial charge >= 0.3 is 0 Å². The zero-order valence-corrected chi connectivity index (χ0v) is 11.3. The topological polar surface area (TPSA) is 38.1 Å². The molecule has 0 radical (unpaired) electrons. The Kier molecular flexibility index (Phi) is 4.84. The summed E-state index contributed by atoms with van der Waals surface area (Å²) in [5.41, 5.74) is 2.30. The van der Waals surface area contributed by atoms with Crippen LogP contribution in [0.4, 0.5) is 0 Å². The number of thioether (sulfide) groups is 1. The van der Waals surface area contributed by atoms with Crippen molar-refractivity contribution in [1.29, 1.82) is 0 Å². The van der Waals surface area contributed by atoms with Gasteiger partial charge in [0.2, 0.25) is 0 Å². The maximum atomic E-state index is 8.86. The smallest absolute Gasteiger partial charge is 0.0645 e. The van der Waals surface area contributed by atoms with Crippen LogP contribution in [0.2, 0.25) is 0 Å². The van der Waals surface area contributed by atoms with E-state index in [1.807, 2.05) is 53.0 Å². The van der Waals surface area contributed by atoms with Crippen LogP contribution in [0.1, 0.15) is 18.9 Å². The van der Waals surface area contributed by atoms with Gasteiger partial charge in [0, 0.05) is 29.4 Å². The van der Waals surface area contributed by atoms with E-state index in [0.717, 1.165) is 17.9 Å². The first-order chi connectivity index (χ1) is 8.79. The summed E-state index contributed by atoms with van der Waals surface area (Å²) in [6.45, 7) is 2.40. The van der Waals surface area contributed by atoms with Crippen molar-refractivity contribution in [3.63, 3.8) is 0 Å². The fourth-order valence-electron chi connectivity index (χ4n) is 1.66. The van der Waals surface area contributed by atoms with Gasteiger partial charge in [0.25, 0.3) is 0 Å². The number of nitrogens with zero attached hydrogens (tertiary/aromatic N) is 2. The van der Waals surface area contributed by atoms with Crippen LogP contribution < -0.4 is 0 Å². The molecule has 2 rings (SSSR count).